The number of sulfone groups is 2. The molecule has 0 unspecified atom stereocenters. The van der Waals surface area contributed by atoms with E-state index in [1.165, 1.54) is 35.4 Å². The number of halogens is 2. The number of aliphatic hydroxyl groups is 2. The van der Waals surface area contributed by atoms with Gasteiger partial charge in [0, 0.05) is 0 Å². The monoisotopic (exact) mass is 932 g/mol. The van der Waals surface area contributed by atoms with Crippen molar-refractivity contribution < 1.29 is 35.8 Å². The van der Waals surface area contributed by atoms with Gasteiger partial charge < -0.3 is 10.2 Å². The Balaban J connectivity index is 0.000000166. The van der Waals surface area contributed by atoms with Crippen LogP contribution in [0.15, 0.2) is 143 Å². The largest absolute Gasteiger partial charge is 0.392 e. The normalized spacial score (nSPS) is 23.0. The number of aliphatic hydroxyl groups excluding tert-OH is 2. The van der Waals surface area contributed by atoms with Crippen molar-refractivity contribution >= 4 is 31.8 Å². The molecule has 6 aromatic rings. The highest BCUT2D eigenvalue weighted by atomic mass is 32.2. The molecule has 0 saturated heterocycles. The Labute approximate surface area is 385 Å². The number of nitrogens with zero attached hydrogens (tertiary/aromatic N) is 4. The van der Waals surface area contributed by atoms with Crippen molar-refractivity contribution in [3.63, 3.8) is 0 Å². The fourth-order valence-corrected chi connectivity index (χ4v) is 13.8. The van der Waals surface area contributed by atoms with Crippen LogP contribution in [0.25, 0.3) is 23.5 Å². The first-order chi connectivity index (χ1) is 31.5. The van der Waals surface area contributed by atoms with Gasteiger partial charge in [-0.25, -0.2) is 35.0 Å². The van der Waals surface area contributed by atoms with E-state index >= 15 is 0 Å². The molecule has 344 valence electrons. The van der Waals surface area contributed by atoms with Crippen molar-refractivity contribution in [1.82, 2.24) is 19.6 Å². The maximum Gasteiger partial charge on any atom is 0.180 e. The molecule has 0 radical (unpaired) electrons. The summed E-state index contributed by atoms with van der Waals surface area (Å²) in [5.74, 6) is -0.722. The van der Waals surface area contributed by atoms with Crippen molar-refractivity contribution in [2.45, 2.75) is 87.2 Å². The minimum Gasteiger partial charge on any atom is -0.392 e. The summed E-state index contributed by atoms with van der Waals surface area (Å²) in [6.07, 6.45) is 12.4. The molecule has 2 aromatic heterocycles. The third kappa shape index (κ3) is 9.00. The van der Waals surface area contributed by atoms with E-state index in [4.69, 9.17) is 0 Å². The van der Waals surface area contributed by atoms with E-state index < -0.39 is 31.9 Å². The van der Waals surface area contributed by atoms with Crippen molar-refractivity contribution in [2.24, 2.45) is 22.7 Å². The van der Waals surface area contributed by atoms with Crippen LogP contribution in [-0.2, 0) is 32.5 Å². The zero-order valence-electron chi connectivity index (χ0n) is 37.0. The van der Waals surface area contributed by atoms with Crippen LogP contribution in [0.2, 0.25) is 0 Å². The summed E-state index contributed by atoms with van der Waals surface area (Å²) in [7, 11) is -7.07. The predicted octanol–water partition coefficient (Wildman–Crippen LogP) is 9.18. The van der Waals surface area contributed by atoms with Gasteiger partial charge in [-0.3, -0.25) is 0 Å². The van der Waals surface area contributed by atoms with Gasteiger partial charge in [-0.2, -0.15) is 10.2 Å². The van der Waals surface area contributed by atoms with Crippen molar-refractivity contribution in [2.75, 3.05) is 11.5 Å². The number of hydrogen-bond acceptors (Lipinski definition) is 8. The van der Waals surface area contributed by atoms with Gasteiger partial charge in [0.25, 0.3) is 0 Å². The predicted molar refractivity (Wildman–Crippen MR) is 250 cm³/mol. The topological polar surface area (TPSA) is 144 Å². The van der Waals surface area contributed by atoms with Crippen LogP contribution in [0.3, 0.4) is 0 Å². The van der Waals surface area contributed by atoms with E-state index in [0.717, 1.165) is 72.4 Å². The minimum absolute atomic E-state index is 0.138. The lowest BCUT2D eigenvalue weighted by atomic mass is 9.68. The average molecular weight is 933 g/mol. The Bertz CT molecular complexity index is 2800. The third-order valence-corrected chi connectivity index (χ3v) is 18.2. The van der Waals surface area contributed by atoms with Gasteiger partial charge in [0.15, 0.2) is 19.7 Å². The first-order valence-electron chi connectivity index (χ1n) is 22.5. The molecular weight excluding hydrogens is 879 g/mol. The van der Waals surface area contributed by atoms with Gasteiger partial charge in [0.05, 0.1) is 68.7 Å². The Morgan fingerprint density at radius 1 is 0.591 bits per heavy atom. The molecular formula is C52H54F2N4O6S2. The number of hydrogen-bond donors (Lipinski definition) is 2. The highest BCUT2D eigenvalue weighted by Gasteiger charge is 2.47. The SMILES string of the molecule is C[C@]12Cc3cnn(-c4ccc(F)cc4)c3C=C1CC[C@@H]2C[C@@H](O)CS(=O)(=O)c1ccccc1.C[C@]12Cc3cnn(-c4ccc(F)cc4)c3C=C1CC[C@@H]2C[C@H](O)CS(=O)(=O)c1ccccc1. The molecule has 0 aliphatic heterocycles. The highest BCUT2D eigenvalue weighted by molar-refractivity contribution is 7.91. The van der Waals surface area contributed by atoms with E-state index in [0.29, 0.717) is 12.8 Å². The summed E-state index contributed by atoms with van der Waals surface area (Å²) in [5, 5.41) is 30.6. The molecule has 10 nitrogen and oxygen atoms in total. The average Bonchev–Trinajstić information content (AvgIpc) is 4.05. The Hall–Kier alpha value is -5.54. The molecule has 4 aliphatic carbocycles. The van der Waals surface area contributed by atoms with E-state index in [1.807, 2.05) is 21.8 Å². The number of rotatable bonds is 12. The Morgan fingerprint density at radius 2 is 0.955 bits per heavy atom. The molecule has 10 rings (SSSR count). The summed E-state index contributed by atoms with van der Waals surface area (Å²) >= 11 is 0. The van der Waals surface area contributed by atoms with E-state index in [9.17, 15) is 35.8 Å². The molecule has 2 N–H and O–H groups in total. The summed E-state index contributed by atoms with van der Waals surface area (Å²) in [4.78, 5) is 0.496. The maximum atomic E-state index is 13.3. The number of allylic oxidation sites excluding steroid dienone is 2. The van der Waals surface area contributed by atoms with Gasteiger partial charge in [-0.15, -0.1) is 0 Å². The van der Waals surface area contributed by atoms with Crippen LogP contribution in [0.4, 0.5) is 8.78 Å². The van der Waals surface area contributed by atoms with Crippen molar-refractivity contribution in [3.05, 3.63) is 167 Å². The van der Waals surface area contributed by atoms with Crippen LogP contribution in [0.5, 0.6) is 0 Å². The smallest absolute Gasteiger partial charge is 0.180 e. The van der Waals surface area contributed by atoms with E-state index in [2.05, 4.69) is 36.2 Å². The fraction of sp³-hybridized carbons (Fsp3) is 0.346. The Morgan fingerprint density at radius 3 is 1.32 bits per heavy atom. The lowest BCUT2D eigenvalue weighted by molar-refractivity contribution is 0.128. The summed E-state index contributed by atoms with van der Waals surface area (Å²) in [5.41, 5.74) is 8.23. The second-order valence-corrected chi connectivity index (χ2v) is 22.9. The van der Waals surface area contributed by atoms with Gasteiger partial charge in [-0.05, 0) is 170 Å². The van der Waals surface area contributed by atoms with Crippen LogP contribution in [0.1, 0.15) is 74.9 Å². The lowest BCUT2D eigenvalue weighted by Gasteiger charge is -2.36. The quantitative estimate of drug-likeness (QED) is 0.124. The van der Waals surface area contributed by atoms with Crippen LogP contribution in [0, 0.1) is 34.3 Å². The summed E-state index contributed by atoms with van der Waals surface area (Å²) in [6.45, 7) is 4.43. The molecule has 0 bridgehead atoms. The summed E-state index contributed by atoms with van der Waals surface area (Å²) < 4.78 is 81.1. The molecule has 0 amide bonds. The second kappa shape index (κ2) is 17.9. The standard InChI is InChI=1S/2C26H27FN2O3S/c2*1-26-15-18-16-28-29(22-11-9-21(27)10-12-22)25(18)14-20(26)8-7-19(26)13-23(30)17-33(31,32)24-5-3-2-4-6-24/h2*2-6,9-12,14,16,19,23,30H,7-8,13,15,17H2,1H3/t19-,23+,26-;19-,23-,26-/m11/s1. The van der Waals surface area contributed by atoms with Gasteiger partial charge in [0.2, 0.25) is 0 Å². The molecule has 2 heterocycles. The van der Waals surface area contributed by atoms with Crippen LogP contribution < -0.4 is 0 Å². The molecule has 4 aromatic carbocycles. The van der Waals surface area contributed by atoms with Gasteiger partial charge >= 0.3 is 0 Å². The van der Waals surface area contributed by atoms with Crippen molar-refractivity contribution in [3.8, 4) is 11.4 Å². The molecule has 2 saturated carbocycles. The molecule has 6 atom stereocenters. The molecule has 66 heavy (non-hydrogen) atoms. The molecule has 0 spiro atoms. The number of benzene rings is 4. The molecule has 4 aliphatic rings. The maximum absolute atomic E-state index is 13.3. The minimum atomic E-state index is -3.53. The van der Waals surface area contributed by atoms with Crippen molar-refractivity contribution in [1.29, 1.82) is 0 Å². The van der Waals surface area contributed by atoms with Crippen LogP contribution >= 0.6 is 0 Å². The third-order valence-electron chi connectivity index (χ3n) is 14.6. The zero-order chi connectivity index (χ0) is 46.4. The van der Waals surface area contributed by atoms with Gasteiger partial charge in [0.1, 0.15) is 11.6 Å². The lowest BCUT2D eigenvalue weighted by Crippen LogP contribution is -2.33. The molecule has 2 fully saturated rings. The van der Waals surface area contributed by atoms with Crippen LogP contribution in [-0.4, -0.2) is 70.3 Å². The van der Waals surface area contributed by atoms with Gasteiger partial charge in [-0.1, -0.05) is 61.4 Å². The highest BCUT2D eigenvalue weighted by Crippen LogP contribution is 2.56. The second-order valence-electron chi connectivity index (χ2n) is 18.9. The first kappa shape index (κ1) is 45.6. The number of fused-ring (bicyclic) bond motifs is 4. The van der Waals surface area contributed by atoms with E-state index in [1.54, 1.807) is 84.9 Å². The van der Waals surface area contributed by atoms with E-state index in [-0.39, 0.29) is 55.6 Å². The first-order valence-corrected chi connectivity index (χ1v) is 25.8. The number of aromatic nitrogens is 4. The molecule has 14 heteroatoms. The Kier molecular flexibility index (Phi) is 12.4. The fourth-order valence-electron chi connectivity index (χ4n) is 10.9. The summed E-state index contributed by atoms with van der Waals surface area (Å²) in [6, 6.07) is 29.2. The zero-order valence-corrected chi connectivity index (χ0v) is 38.6.